The second-order valence-corrected chi connectivity index (χ2v) is 9.13. The number of carbonyl (C=O) groups excluding carboxylic acids is 2. The zero-order valence-corrected chi connectivity index (χ0v) is 17.4. The van der Waals surface area contributed by atoms with E-state index in [1.165, 1.54) is 23.5 Å². The van der Waals surface area contributed by atoms with Crippen LogP contribution in [0.2, 0.25) is 0 Å². The van der Waals surface area contributed by atoms with Gasteiger partial charge in [-0.2, -0.15) is 4.31 Å². The molecular formula is C19H29N3O5S. The summed E-state index contributed by atoms with van der Waals surface area (Å²) in [5.41, 5.74) is 0. The van der Waals surface area contributed by atoms with Gasteiger partial charge in [-0.1, -0.05) is 13.8 Å². The molecule has 0 aromatic heterocycles. The number of carbonyl (C=O) groups is 2. The van der Waals surface area contributed by atoms with Crippen LogP contribution in [0.5, 0.6) is 5.75 Å². The van der Waals surface area contributed by atoms with Crippen LogP contribution in [0.1, 0.15) is 33.1 Å². The number of hydrogen-bond acceptors (Lipinski definition) is 5. The van der Waals surface area contributed by atoms with Crippen molar-refractivity contribution in [1.29, 1.82) is 0 Å². The van der Waals surface area contributed by atoms with Crippen molar-refractivity contribution in [3.63, 3.8) is 0 Å². The first-order valence-corrected chi connectivity index (χ1v) is 10.9. The van der Waals surface area contributed by atoms with Gasteiger partial charge >= 0.3 is 11.8 Å². The lowest BCUT2D eigenvalue weighted by Crippen LogP contribution is -2.47. The van der Waals surface area contributed by atoms with Gasteiger partial charge in [-0.25, -0.2) is 8.42 Å². The number of hydrogen-bond donors (Lipinski definition) is 2. The first kappa shape index (κ1) is 22.2. The molecule has 8 nitrogen and oxygen atoms in total. The lowest BCUT2D eigenvalue weighted by atomic mass is 10.1. The van der Waals surface area contributed by atoms with E-state index in [9.17, 15) is 18.0 Å². The van der Waals surface area contributed by atoms with Crippen molar-refractivity contribution >= 4 is 21.8 Å². The Bertz CT molecular complexity index is 777. The van der Waals surface area contributed by atoms with Crippen LogP contribution >= 0.6 is 0 Å². The van der Waals surface area contributed by atoms with Crippen molar-refractivity contribution in [2.24, 2.45) is 5.92 Å². The molecule has 0 radical (unpaired) electrons. The minimum Gasteiger partial charge on any atom is -0.497 e. The van der Waals surface area contributed by atoms with E-state index in [1.807, 2.05) is 13.8 Å². The van der Waals surface area contributed by atoms with Crippen LogP contribution in [0.15, 0.2) is 29.2 Å². The van der Waals surface area contributed by atoms with Gasteiger partial charge in [0.2, 0.25) is 10.0 Å². The maximum Gasteiger partial charge on any atom is 0.309 e. The average molecular weight is 412 g/mol. The smallest absolute Gasteiger partial charge is 0.309 e. The molecule has 0 spiro atoms. The van der Waals surface area contributed by atoms with Crippen molar-refractivity contribution in [3.05, 3.63) is 24.3 Å². The maximum absolute atomic E-state index is 12.9. The predicted octanol–water partition coefficient (Wildman–Crippen LogP) is 1.13. The fourth-order valence-electron chi connectivity index (χ4n) is 3.06. The van der Waals surface area contributed by atoms with Gasteiger partial charge in [-0.3, -0.25) is 9.59 Å². The molecule has 1 heterocycles. The van der Waals surface area contributed by atoms with E-state index < -0.39 is 21.8 Å². The van der Waals surface area contributed by atoms with Gasteiger partial charge in [0.25, 0.3) is 0 Å². The van der Waals surface area contributed by atoms with E-state index in [2.05, 4.69) is 10.6 Å². The summed E-state index contributed by atoms with van der Waals surface area (Å²) in [4.78, 5) is 24.0. The number of nitrogens with one attached hydrogen (secondary N) is 2. The summed E-state index contributed by atoms with van der Waals surface area (Å²) in [6.07, 6.45) is 2.12. The third-order valence-electron chi connectivity index (χ3n) is 4.70. The highest BCUT2D eigenvalue weighted by Gasteiger charge is 2.35. The quantitative estimate of drug-likeness (QED) is 0.624. The first-order chi connectivity index (χ1) is 13.3. The Morgan fingerprint density at radius 1 is 1.18 bits per heavy atom. The van der Waals surface area contributed by atoms with Crippen molar-refractivity contribution in [2.45, 2.75) is 44.0 Å². The van der Waals surface area contributed by atoms with Gasteiger partial charge in [-0.15, -0.1) is 0 Å². The summed E-state index contributed by atoms with van der Waals surface area (Å²) in [7, 11) is -2.16. The molecule has 1 aromatic rings. The lowest BCUT2D eigenvalue weighted by Gasteiger charge is -2.24. The Morgan fingerprint density at radius 3 is 2.43 bits per heavy atom. The van der Waals surface area contributed by atoms with Gasteiger partial charge in [0.15, 0.2) is 0 Å². The van der Waals surface area contributed by atoms with E-state index in [4.69, 9.17) is 4.74 Å². The number of methoxy groups -OCH3 is 1. The zero-order chi connectivity index (χ0) is 20.7. The van der Waals surface area contributed by atoms with Gasteiger partial charge in [0, 0.05) is 25.7 Å². The minimum absolute atomic E-state index is 0.103. The number of rotatable bonds is 8. The first-order valence-electron chi connectivity index (χ1n) is 9.47. The molecule has 0 saturated carbocycles. The minimum atomic E-state index is -3.68. The van der Waals surface area contributed by atoms with Crippen LogP contribution < -0.4 is 15.4 Å². The SMILES string of the molecule is COc1ccc(S(=O)(=O)N2CCC[C@@H]2CNC(=O)C(=O)NCCC(C)C)cc1. The van der Waals surface area contributed by atoms with E-state index in [0.717, 1.165) is 6.42 Å². The van der Waals surface area contributed by atoms with Crippen LogP contribution in [0.3, 0.4) is 0 Å². The summed E-state index contributed by atoms with van der Waals surface area (Å²) >= 11 is 0. The topological polar surface area (TPSA) is 105 Å². The predicted molar refractivity (Wildman–Crippen MR) is 105 cm³/mol. The Balaban J connectivity index is 1.94. The molecule has 1 saturated heterocycles. The van der Waals surface area contributed by atoms with Gasteiger partial charge in [-0.05, 0) is 49.4 Å². The summed E-state index contributed by atoms with van der Waals surface area (Å²) in [6, 6.07) is 5.83. The molecule has 0 aliphatic carbocycles. The Labute approximate surface area is 166 Å². The molecule has 2 rings (SSSR count). The largest absolute Gasteiger partial charge is 0.497 e. The second-order valence-electron chi connectivity index (χ2n) is 7.24. The van der Waals surface area contributed by atoms with E-state index in [0.29, 0.717) is 37.6 Å². The summed E-state index contributed by atoms with van der Waals surface area (Å²) in [5.74, 6) is -0.424. The standard InChI is InChI=1S/C19H29N3O5S/c1-14(2)10-11-20-18(23)19(24)21-13-15-5-4-12-22(15)28(25,26)17-8-6-16(27-3)7-9-17/h6-9,14-15H,4-5,10-13H2,1-3H3,(H,20,23)(H,21,24)/t15-/m1/s1. The van der Waals surface area contributed by atoms with Crippen molar-refractivity contribution in [2.75, 3.05) is 26.7 Å². The van der Waals surface area contributed by atoms with Crippen molar-refractivity contribution in [1.82, 2.24) is 14.9 Å². The molecule has 1 aromatic carbocycles. The van der Waals surface area contributed by atoms with E-state index in [-0.39, 0.29) is 17.5 Å². The summed E-state index contributed by atoms with van der Waals surface area (Å²) < 4.78 is 32.3. The fourth-order valence-corrected chi connectivity index (χ4v) is 4.75. The van der Waals surface area contributed by atoms with Crippen LogP contribution in [-0.2, 0) is 19.6 Å². The molecular weight excluding hydrogens is 382 g/mol. The molecule has 2 amide bonds. The maximum atomic E-state index is 12.9. The average Bonchev–Trinajstić information content (AvgIpc) is 3.15. The molecule has 9 heteroatoms. The highest BCUT2D eigenvalue weighted by atomic mass is 32.2. The monoisotopic (exact) mass is 411 g/mol. The third-order valence-corrected chi connectivity index (χ3v) is 6.67. The Hall–Kier alpha value is -2.13. The molecule has 1 aliphatic heterocycles. The highest BCUT2D eigenvalue weighted by Crippen LogP contribution is 2.26. The Kier molecular flexibility index (Phi) is 7.82. The van der Waals surface area contributed by atoms with Crippen LogP contribution in [0, 0.1) is 5.92 Å². The van der Waals surface area contributed by atoms with Crippen molar-refractivity contribution < 1.29 is 22.7 Å². The lowest BCUT2D eigenvalue weighted by molar-refractivity contribution is -0.139. The van der Waals surface area contributed by atoms with Gasteiger partial charge in [0.1, 0.15) is 5.75 Å². The molecule has 0 bridgehead atoms. The zero-order valence-electron chi connectivity index (χ0n) is 16.6. The number of ether oxygens (including phenoxy) is 1. The fraction of sp³-hybridized carbons (Fsp3) is 0.579. The van der Waals surface area contributed by atoms with Crippen LogP contribution in [0.25, 0.3) is 0 Å². The Morgan fingerprint density at radius 2 is 1.82 bits per heavy atom. The number of sulfonamides is 1. The molecule has 2 N–H and O–H groups in total. The molecule has 1 aliphatic rings. The summed E-state index contributed by atoms with van der Waals surface area (Å²) in [6.45, 7) is 4.99. The molecule has 156 valence electrons. The second kappa shape index (κ2) is 9.88. The number of benzene rings is 1. The van der Waals surface area contributed by atoms with Crippen LogP contribution in [-0.4, -0.2) is 57.3 Å². The third kappa shape index (κ3) is 5.68. The number of nitrogens with zero attached hydrogens (tertiary/aromatic N) is 1. The normalized spacial score (nSPS) is 17.5. The van der Waals surface area contributed by atoms with Crippen molar-refractivity contribution in [3.8, 4) is 5.75 Å². The van der Waals surface area contributed by atoms with Gasteiger partial charge < -0.3 is 15.4 Å². The number of amides is 2. The van der Waals surface area contributed by atoms with E-state index >= 15 is 0 Å². The van der Waals surface area contributed by atoms with Gasteiger partial charge in [0.05, 0.1) is 12.0 Å². The van der Waals surface area contributed by atoms with E-state index in [1.54, 1.807) is 12.1 Å². The molecule has 28 heavy (non-hydrogen) atoms. The van der Waals surface area contributed by atoms with Crippen LogP contribution in [0.4, 0.5) is 0 Å². The molecule has 0 unspecified atom stereocenters. The molecule has 1 atom stereocenters. The highest BCUT2D eigenvalue weighted by molar-refractivity contribution is 7.89. The summed E-state index contributed by atoms with van der Waals surface area (Å²) in [5, 5.41) is 5.13. The molecule has 1 fully saturated rings.